The first kappa shape index (κ1) is 15.9. The monoisotopic (exact) mass is 332 g/mol. The fourth-order valence-corrected chi connectivity index (χ4v) is 4.10. The van der Waals surface area contributed by atoms with Crippen molar-refractivity contribution < 1.29 is 4.79 Å². The highest BCUT2D eigenvalue weighted by atomic mass is 16.1. The summed E-state index contributed by atoms with van der Waals surface area (Å²) in [6.45, 7) is 4.71. The van der Waals surface area contributed by atoms with Crippen LogP contribution in [0.25, 0.3) is 0 Å². The van der Waals surface area contributed by atoms with Gasteiger partial charge in [-0.25, -0.2) is 0 Å². The lowest BCUT2D eigenvalue weighted by atomic mass is 9.76. The first-order valence-corrected chi connectivity index (χ1v) is 9.09. The molecular weight excluding hydrogens is 308 g/mol. The Morgan fingerprint density at radius 2 is 2.00 bits per heavy atom. The number of carbonyl (C=O) groups is 1. The SMILES string of the molecule is CCNC(=O)c1ccc2c(c1)C1C=CCC1C(c1ccc(C)cc1)N2. The van der Waals surface area contributed by atoms with Crippen LogP contribution in [0.4, 0.5) is 5.69 Å². The van der Waals surface area contributed by atoms with Crippen molar-refractivity contribution in [1.82, 2.24) is 5.32 Å². The van der Waals surface area contributed by atoms with Gasteiger partial charge in [-0.1, -0.05) is 42.0 Å². The lowest BCUT2D eigenvalue weighted by Crippen LogP contribution is -2.30. The molecule has 0 saturated heterocycles. The molecule has 1 aliphatic carbocycles. The van der Waals surface area contributed by atoms with E-state index in [1.807, 2.05) is 13.0 Å². The molecule has 25 heavy (non-hydrogen) atoms. The smallest absolute Gasteiger partial charge is 0.251 e. The van der Waals surface area contributed by atoms with Gasteiger partial charge >= 0.3 is 0 Å². The number of nitrogens with one attached hydrogen (secondary N) is 2. The number of hydrogen-bond acceptors (Lipinski definition) is 2. The van der Waals surface area contributed by atoms with Crippen LogP contribution in [-0.2, 0) is 0 Å². The van der Waals surface area contributed by atoms with Crippen LogP contribution in [0.3, 0.4) is 0 Å². The van der Waals surface area contributed by atoms with Crippen LogP contribution in [0.15, 0.2) is 54.6 Å². The van der Waals surface area contributed by atoms with Crippen molar-refractivity contribution in [3.05, 3.63) is 76.9 Å². The van der Waals surface area contributed by atoms with Crippen molar-refractivity contribution in [3.63, 3.8) is 0 Å². The summed E-state index contributed by atoms with van der Waals surface area (Å²) in [6.07, 6.45) is 5.67. The molecule has 0 aromatic heterocycles. The maximum atomic E-state index is 12.2. The quantitative estimate of drug-likeness (QED) is 0.808. The summed E-state index contributed by atoms with van der Waals surface area (Å²) in [6, 6.07) is 15.2. The molecule has 0 saturated carbocycles. The van der Waals surface area contributed by atoms with E-state index in [2.05, 4.69) is 66.1 Å². The number of benzene rings is 2. The molecule has 0 spiro atoms. The van der Waals surface area contributed by atoms with Crippen molar-refractivity contribution >= 4 is 11.6 Å². The minimum Gasteiger partial charge on any atom is -0.378 e. The molecule has 4 rings (SSSR count). The van der Waals surface area contributed by atoms with Crippen molar-refractivity contribution in [3.8, 4) is 0 Å². The number of allylic oxidation sites excluding steroid dienone is 2. The lowest BCUT2D eigenvalue weighted by Gasteiger charge is -2.37. The van der Waals surface area contributed by atoms with Gasteiger partial charge in [-0.15, -0.1) is 0 Å². The molecule has 2 aliphatic rings. The fraction of sp³-hybridized carbons (Fsp3) is 0.318. The van der Waals surface area contributed by atoms with Crippen LogP contribution in [0.1, 0.15) is 52.4 Å². The second kappa shape index (κ2) is 6.40. The van der Waals surface area contributed by atoms with Crippen LogP contribution in [0, 0.1) is 12.8 Å². The summed E-state index contributed by atoms with van der Waals surface area (Å²) in [7, 11) is 0. The highest BCUT2D eigenvalue weighted by Gasteiger charge is 2.38. The molecule has 2 aromatic carbocycles. The average molecular weight is 332 g/mol. The molecule has 1 aliphatic heterocycles. The van der Waals surface area contributed by atoms with E-state index in [9.17, 15) is 4.79 Å². The summed E-state index contributed by atoms with van der Waals surface area (Å²) in [5.41, 5.74) is 5.75. The zero-order valence-corrected chi connectivity index (χ0v) is 14.8. The number of fused-ring (bicyclic) bond motifs is 3. The third-order valence-electron chi connectivity index (χ3n) is 5.40. The van der Waals surface area contributed by atoms with E-state index < -0.39 is 0 Å². The Kier molecular flexibility index (Phi) is 4.08. The largest absolute Gasteiger partial charge is 0.378 e. The summed E-state index contributed by atoms with van der Waals surface area (Å²) >= 11 is 0. The molecule has 1 amide bonds. The van der Waals surface area contributed by atoms with E-state index in [-0.39, 0.29) is 5.91 Å². The third-order valence-corrected chi connectivity index (χ3v) is 5.40. The maximum Gasteiger partial charge on any atom is 0.251 e. The van der Waals surface area contributed by atoms with Crippen LogP contribution in [-0.4, -0.2) is 12.5 Å². The van der Waals surface area contributed by atoms with Crippen LogP contribution in [0.2, 0.25) is 0 Å². The predicted octanol–water partition coefficient (Wildman–Crippen LogP) is 4.57. The molecule has 2 aromatic rings. The van der Waals surface area contributed by atoms with Gasteiger partial charge in [-0.2, -0.15) is 0 Å². The third kappa shape index (κ3) is 2.84. The van der Waals surface area contributed by atoms with E-state index in [0.717, 1.165) is 17.7 Å². The van der Waals surface area contributed by atoms with Gasteiger partial charge in [-0.05, 0) is 55.5 Å². The summed E-state index contributed by atoms with van der Waals surface area (Å²) in [5, 5.41) is 6.62. The van der Waals surface area contributed by atoms with Gasteiger partial charge < -0.3 is 10.6 Å². The van der Waals surface area contributed by atoms with Crippen molar-refractivity contribution in [2.24, 2.45) is 5.92 Å². The first-order chi connectivity index (χ1) is 12.2. The number of amides is 1. The Hall–Kier alpha value is -2.55. The van der Waals surface area contributed by atoms with Crippen LogP contribution < -0.4 is 10.6 Å². The van der Waals surface area contributed by atoms with Gasteiger partial charge in [0, 0.05) is 23.7 Å². The molecule has 2 N–H and O–H groups in total. The van der Waals surface area contributed by atoms with Crippen LogP contribution in [0.5, 0.6) is 0 Å². The second-order valence-electron chi connectivity index (χ2n) is 7.05. The minimum absolute atomic E-state index is 0.00415. The Labute approximate surface area is 149 Å². The minimum atomic E-state index is 0.00415. The van der Waals surface area contributed by atoms with Gasteiger partial charge in [0.15, 0.2) is 0 Å². The number of rotatable bonds is 3. The summed E-state index contributed by atoms with van der Waals surface area (Å²) in [4.78, 5) is 12.2. The number of carbonyl (C=O) groups excluding carboxylic acids is 1. The second-order valence-corrected chi connectivity index (χ2v) is 7.05. The van der Waals surface area contributed by atoms with E-state index >= 15 is 0 Å². The van der Waals surface area contributed by atoms with Gasteiger partial charge in [0.05, 0.1) is 6.04 Å². The molecule has 3 atom stereocenters. The van der Waals surface area contributed by atoms with Crippen molar-refractivity contribution in [2.45, 2.75) is 32.2 Å². The first-order valence-electron chi connectivity index (χ1n) is 9.09. The molecular formula is C22H24N2O. The highest BCUT2D eigenvalue weighted by molar-refractivity contribution is 5.95. The van der Waals surface area contributed by atoms with E-state index in [1.54, 1.807) is 0 Å². The maximum absolute atomic E-state index is 12.2. The molecule has 0 fully saturated rings. The Morgan fingerprint density at radius 1 is 1.20 bits per heavy atom. The zero-order chi connectivity index (χ0) is 17.4. The fourth-order valence-electron chi connectivity index (χ4n) is 4.10. The van der Waals surface area contributed by atoms with Gasteiger partial charge in [0.25, 0.3) is 5.91 Å². The average Bonchev–Trinajstić information content (AvgIpc) is 3.11. The molecule has 3 unspecified atom stereocenters. The van der Waals surface area contributed by atoms with Gasteiger partial charge in [0.2, 0.25) is 0 Å². The van der Waals surface area contributed by atoms with Gasteiger partial charge in [-0.3, -0.25) is 4.79 Å². The summed E-state index contributed by atoms with van der Waals surface area (Å²) in [5.74, 6) is 0.876. The Bertz CT molecular complexity index is 822. The van der Waals surface area contributed by atoms with Crippen molar-refractivity contribution in [2.75, 3.05) is 11.9 Å². The summed E-state index contributed by atoms with van der Waals surface area (Å²) < 4.78 is 0. The van der Waals surface area contributed by atoms with Gasteiger partial charge in [0.1, 0.15) is 0 Å². The zero-order valence-electron chi connectivity index (χ0n) is 14.8. The lowest BCUT2D eigenvalue weighted by molar-refractivity contribution is 0.0955. The Morgan fingerprint density at radius 3 is 2.76 bits per heavy atom. The predicted molar refractivity (Wildman–Crippen MR) is 102 cm³/mol. The highest BCUT2D eigenvalue weighted by Crippen LogP contribution is 2.49. The number of aryl methyl sites for hydroxylation is 1. The number of hydrogen-bond donors (Lipinski definition) is 2. The Balaban J connectivity index is 1.71. The van der Waals surface area contributed by atoms with Crippen LogP contribution >= 0.6 is 0 Å². The normalized spacial score (nSPS) is 23.5. The molecule has 3 nitrogen and oxygen atoms in total. The molecule has 128 valence electrons. The number of anilines is 1. The molecule has 1 heterocycles. The topological polar surface area (TPSA) is 41.1 Å². The van der Waals surface area contributed by atoms with Crippen molar-refractivity contribution in [1.29, 1.82) is 0 Å². The standard InChI is InChI=1S/C22H24N2O/c1-3-23-22(25)16-11-12-20-19(13-16)17-5-4-6-18(17)21(24-20)15-9-7-14(2)8-10-15/h4-5,7-13,17-18,21,24H,3,6H2,1-2H3,(H,23,25). The molecule has 0 bridgehead atoms. The van der Waals surface area contributed by atoms with E-state index in [1.165, 1.54) is 16.7 Å². The van der Waals surface area contributed by atoms with E-state index in [4.69, 9.17) is 0 Å². The molecule has 3 heteroatoms. The van der Waals surface area contributed by atoms with E-state index in [0.29, 0.717) is 24.4 Å². The molecule has 0 radical (unpaired) electrons.